The highest BCUT2D eigenvalue weighted by molar-refractivity contribution is 7.07. The standard InChI is InChI=1S/C38H44N6O5S.C2HF3O2/c39-29(19-31-24-50-25-41-31)21-40-16-3-1-2-4-17-48-33-7-5-6-30(20-33)42-37(46)27-10-8-26(9-11-27)22-44(32-13-14-32)38(47)28-12-15-34-35(18-28)49-23-36(45)43-34;3-2(4,5)1(6)7/h5-12,15,18,20,24-25,29,32,40H,1-4,13-14,16-17,19,21-23,39H2,(H,42,46)(H,43,45);(H,6,7)/t29-;/m0./s1. The van der Waals surface area contributed by atoms with Crippen molar-refractivity contribution < 1.29 is 46.9 Å². The van der Waals surface area contributed by atoms with Gasteiger partial charge in [-0.15, -0.1) is 11.3 Å². The molecule has 1 aliphatic carbocycles. The van der Waals surface area contributed by atoms with E-state index in [2.05, 4.69) is 20.9 Å². The molecule has 0 saturated heterocycles. The van der Waals surface area contributed by atoms with Crippen molar-refractivity contribution >= 4 is 46.4 Å². The summed E-state index contributed by atoms with van der Waals surface area (Å²) in [6, 6.07) is 20.1. The fourth-order valence-corrected chi connectivity index (χ4v) is 6.39. The lowest BCUT2D eigenvalue weighted by molar-refractivity contribution is -0.192. The minimum atomic E-state index is -5.08. The van der Waals surface area contributed by atoms with E-state index < -0.39 is 12.1 Å². The number of unbranched alkanes of at least 4 members (excludes halogenated alkanes) is 3. The third-order valence-corrected chi connectivity index (χ3v) is 9.53. The third kappa shape index (κ3) is 13.9. The molecule has 0 spiro atoms. The Labute approximate surface area is 331 Å². The Morgan fingerprint density at radius 1 is 1.04 bits per heavy atom. The van der Waals surface area contributed by atoms with E-state index in [9.17, 15) is 27.6 Å². The molecule has 3 aromatic carbocycles. The lowest BCUT2D eigenvalue weighted by Crippen LogP contribution is -2.36. The number of anilines is 2. The van der Waals surface area contributed by atoms with Gasteiger partial charge in [0.2, 0.25) is 0 Å². The molecule has 0 bridgehead atoms. The van der Waals surface area contributed by atoms with Crippen LogP contribution in [0.25, 0.3) is 0 Å². The number of halogens is 3. The number of carboxylic acids is 1. The summed E-state index contributed by atoms with van der Waals surface area (Å²) >= 11 is 1.60. The van der Waals surface area contributed by atoms with Gasteiger partial charge in [0.05, 0.1) is 23.5 Å². The SMILES string of the molecule is N[C@H](CNCCCCCCOc1cccc(NC(=O)c2ccc(CN(C(=O)c3ccc4c(c3)OCC(=O)N4)C3CC3)cc2)c1)Cc1cscn1.O=C(O)C(F)(F)F. The van der Waals surface area contributed by atoms with Crippen LogP contribution in [0.5, 0.6) is 11.5 Å². The van der Waals surface area contributed by atoms with Gasteiger partial charge in [-0.2, -0.15) is 13.2 Å². The van der Waals surface area contributed by atoms with Crippen LogP contribution in [0.4, 0.5) is 24.5 Å². The number of carboxylic acid groups (broad SMARTS) is 1. The van der Waals surface area contributed by atoms with Gasteiger partial charge >= 0.3 is 12.1 Å². The third-order valence-electron chi connectivity index (χ3n) is 8.89. The predicted molar refractivity (Wildman–Crippen MR) is 209 cm³/mol. The van der Waals surface area contributed by atoms with Gasteiger partial charge in [0, 0.05) is 59.9 Å². The summed E-state index contributed by atoms with van der Waals surface area (Å²) in [5.41, 5.74) is 12.3. The minimum absolute atomic E-state index is 0.0673. The molecule has 1 aromatic heterocycles. The van der Waals surface area contributed by atoms with Crippen molar-refractivity contribution in [3.8, 4) is 11.5 Å². The van der Waals surface area contributed by atoms with E-state index in [4.69, 9.17) is 25.1 Å². The highest BCUT2D eigenvalue weighted by Crippen LogP contribution is 2.33. The molecule has 304 valence electrons. The minimum Gasteiger partial charge on any atom is -0.494 e. The summed E-state index contributed by atoms with van der Waals surface area (Å²) in [5.74, 6) is -2.07. The van der Waals surface area contributed by atoms with Gasteiger partial charge in [-0.3, -0.25) is 14.4 Å². The van der Waals surface area contributed by atoms with Crippen LogP contribution in [0.2, 0.25) is 0 Å². The zero-order valence-corrected chi connectivity index (χ0v) is 31.9. The highest BCUT2D eigenvalue weighted by atomic mass is 32.1. The van der Waals surface area contributed by atoms with Gasteiger partial charge in [-0.05, 0) is 80.3 Å². The molecular weight excluding hydrogens is 766 g/mol. The topological polar surface area (TPSA) is 185 Å². The number of carbonyl (C=O) groups excluding carboxylic acids is 3. The second-order valence-corrected chi connectivity index (χ2v) is 14.3. The molecule has 4 aromatic rings. The first-order chi connectivity index (χ1) is 27.4. The molecule has 1 fully saturated rings. The van der Waals surface area contributed by atoms with Gasteiger partial charge in [0.15, 0.2) is 6.61 Å². The first-order valence-corrected chi connectivity index (χ1v) is 19.4. The fraction of sp³-hybridized carbons (Fsp3) is 0.375. The number of thiazole rings is 1. The Morgan fingerprint density at radius 2 is 1.77 bits per heavy atom. The number of alkyl halides is 3. The molecule has 0 unspecified atom stereocenters. The van der Waals surface area contributed by atoms with E-state index in [0.29, 0.717) is 47.2 Å². The summed E-state index contributed by atoms with van der Waals surface area (Å²) < 4.78 is 43.2. The molecule has 1 atom stereocenters. The molecule has 6 N–H and O–H groups in total. The molecule has 57 heavy (non-hydrogen) atoms. The summed E-state index contributed by atoms with van der Waals surface area (Å²) in [6.45, 7) is 2.72. The van der Waals surface area contributed by atoms with Gasteiger partial charge in [-0.1, -0.05) is 31.0 Å². The van der Waals surface area contributed by atoms with Crippen molar-refractivity contribution in [1.29, 1.82) is 0 Å². The van der Waals surface area contributed by atoms with Crippen LogP contribution in [-0.4, -0.2) is 83.2 Å². The quantitative estimate of drug-likeness (QED) is 0.0719. The number of rotatable bonds is 18. The van der Waals surface area contributed by atoms with Crippen LogP contribution in [0.15, 0.2) is 77.6 Å². The van der Waals surface area contributed by atoms with Crippen LogP contribution in [0.3, 0.4) is 0 Å². The van der Waals surface area contributed by atoms with E-state index in [1.165, 1.54) is 0 Å². The van der Waals surface area contributed by atoms with E-state index in [1.807, 2.05) is 52.2 Å². The number of nitrogens with one attached hydrogen (secondary N) is 3. The highest BCUT2D eigenvalue weighted by Gasteiger charge is 2.38. The predicted octanol–water partition coefficient (Wildman–Crippen LogP) is 6.26. The number of aromatic nitrogens is 1. The van der Waals surface area contributed by atoms with Crippen LogP contribution in [0.1, 0.15) is 70.5 Å². The second-order valence-electron chi connectivity index (χ2n) is 13.6. The first-order valence-electron chi connectivity index (χ1n) is 18.5. The van der Waals surface area contributed by atoms with Crippen molar-refractivity contribution in [2.45, 2.75) is 69.8 Å². The Kier molecular flexibility index (Phi) is 15.4. The zero-order chi connectivity index (χ0) is 40.8. The number of nitrogens with two attached hydrogens (primary N) is 1. The number of amides is 3. The number of benzene rings is 3. The van der Waals surface area contributed by atoms with E-state index in [-0.39, 0.29) is 36.4 Å². The molecule has 1 aliphatic heterocycles. The molecule has 6 rings (SSSR count). The normalized spacial score (nSPS) is 13.9. The van der Waals surface area contributed by atoms with E-state index >= 15 is 0 Å². The van der Waals surface area contributed by atoms with E-state index in [0.717, 1.165) is 69.3 Å². The molecule has 1 saturated carbocycles. The molecule has 2 heterocycles. The number of carbonyl (C=O) groups is 4. The smallest absolute Gasteiger partial charge is 0.490 e. The number of hydrogen-bond acceptors (Lipinski definition) is 10. The monoisotopic (exact) mass is 810 g/mol. The van der Waals surface area contributed by atoms with Gasteiger partial charge in [0.25, 0.3) is 17.7 Å². The maximum absolute atomic E-state index is 13.5. The molecular formula is C40H45F3N6O7S. The summed E-state index contributed by atoms with van der Waals surface area (Å²) in [5, 5.41) is 18.3. The van der Waals surface area contributed by atoms with Crippen molar-refractivity contribution in [3.63, 3.8) is 0 Å². The van der Waals surface area contributed by atoms with Crippen molar-refractivity contribution in [2.75, 3.05) is 36.9 Å². The average Bonchev–Trinajstić information content (AvgIpc) is 3.90. The van der Waals surface area contributed by atoms with Crippen molar-refractivity contribution in [1.82, 2.24) is 15.2 Å². The maximum Gasteiger partial charge on any atom is 0.490 e. The van der Waals surface area contributed by atoms with Crippen molar-refractivity contribution in [3.05, 3.63) is 100 Å². The number of fused-ring (bicyclic) bond motifs is 1. The van der Waals surface area contributed by atoms with Crippen LogP contribution in [-0.2, 0) is 22.6 Å². The van der Waals surface area contributed by atoms with E-state index in [1.54, 1.807) is 41.7 Å². The Balaban J connectivity index is 0.000000811. The number of ether oxygens (including phenoxy) is 2. The van der Waals surface area contributed by atoms with Crippen LogP contribution in [0, 0.1) is 0 Å². The molecule has 3 amide bonds. The van der Waals surface area contributed by atoms with Crippen LogP contribution < -0.4 is 31.2 Å². The first kappa shape index (κ1) is 42.6. The Bertz CT molecular complexity index is 1960. The van der Waals surface area contributed by atoms with Gasteiger partial charge < -0.3 is 41.2 Å². The molecule has 2 aliphatic rings. The maximum atomic E-state index is 13.5. The van der Waals surface area contributed by atoms with Gasteiger partial charge in [0.1, 0.15) is 11.5 Å². The zero-order valence-electron chi connectivity index (χ0n) is 31.1. The number of nitrogens with zero attached hydrogens (tertiary/aromatic N) is 2. The Morgan fingerprint density at radius 3 is 2.47 bits per heavy atom. The lowest BCUT2D eigenvalue weighted by atomic mass is 10.1. The molecule has 17 heteroatoms. The summed E-state index contributed by atoms with van der Waals surface area (Å²) in [7, 11) is 0. The summed E-state index contributed by atoms with van der Waals surface area (Å²) in [6.07, 6.45) is 1.87. The summed E-state index contributed by atoms with van der Waals surface area (Å²) in [4.78, 5) is 53.2. The second kappa shape index (κ2) is 20.6. The Hall–Kier alpha value is -5.52. The molecule has 13 nitrogen and oxygen atoms in total. The number of hydrogen-bond donors (Lipinski definition) is 5. The average molecular weight is 811 g/mol. The lowest BCUT2D eigenvalue weighted by Gasteiger charge is -2.24. The largest absolute Gasteiger partial charge is 0.494 e. The van der Waals surface area contributed by atoms with Gasteiger partial charge in [-0.25, -0.2) is 9.78 Å². The van der Waals surface area contributed by atoms with Crippen molar-refractivity contribution in [2.24, 2.45) is 5.73 Å². The molecule has 0 radical (unpaired) electrons. The van der Waals surface area contributed by atoms with Crippen LogP contribution >= 0.6 is 11.3 Å². The number of aliphatic carboxylic acids is 1. The fourth-order valence-electron chi connectivity index (χ4n) is 5.81.